The van der Waals surface area contributed by atoms with Gasteiger partial charge in [-0.3, -0.25) is 9.69 Å². The first-order valence-corrected chi connectivity index (χ1v) is 10.6. The third kappa shape index (κ3) is 5.32. The van der Waals surface area contributed by atoms with Crippen LogP contribution in [-0.2, 0) is 21.4 Å². The Balaban J connectivity index is 2.12. The van der Waals surface area contributed by atoms with E-state index in [1.165, 1.54) is 31.8 Å². The number of carbonyl (C=O) groups is 1. The summed E-state index contributed by atoms with van der Waals surface area (Å²) in [4.78, 5) is 14.5. The molecule has 0 saturated heterocycles. The van der Waals surface area contributed by atoms with E-state index in [-0.39, 0.29) is 15.8 Å². The Morgan fingerprint density at radius 3 is 2.29 bits per heavy atom. The van der Waals surface area contributed by atoms with Crippen molar-refractivity contribution >= 4 is 33.2 Å². The van der Waals surface area contributed by atoms with Gasteiger partial charge in [-0.2, -0.15) is 0 Å². The third-order valence-electron chi connectivity index (χ3n) is 4.55. The van der Waals surface area contributed by atoms with E-state index in [0.29, 0.717) is 12.2 Å². The van der Waals surface area contributed by atoms with Crippen molar-refractivity contribution in [1.82, 2.24) is 9.21 Å². The number of anilines is 1. The molecule has 0 heterocycles. The minimum absolute atomic E-state index is 0.0439. The lowest BCUT2D eigenvalue weighted by Gasteiger charge is -2.24. The standard InChI is InChI=1S/C20H26ClN3O3S/c1-14-6-8-16(9-7-14)13-24(5)15(2)20(25)22-17-10-11-18(21)19(12-17)28(26,27)23(3)4/h6-12,15H,13H2,1-5H3,(H,22,25). The number of likely N-dealkylation sites (N-methyl/N-ethyl adjacent to an activating group) is 1. The minimum Gasteiger partial charge on any atom is -0.325 e. The molecule has 1 amide bonds. The summed E-state index contributed by atoms with van der Waals surface area (Å²) in [6, 6.07) is 12.2. The maximum Gasteiger partial charge on any atom is 0.244 e. The summed E-state index contributed by atoms with van der Waals surface area (Å²) < 4.78 is 25.8. The molecular weight excluding hydrogens is 398 g/mol. The molecule has 6 nitrogen and oxygen atoms in total. The number of sulfonamides is 1. The first-order valence-electron chi connectivity index (χ1n) is 8.81. The van der Waals surface area contributed by atoms with Gasteiger partial charge in [-0.05, 0) is 44.7 Å². The van der Waals surface area contributed by atoms with Crippen molar-refractivity contribution in [1.29, 1.82) is 0 Å². The number of rotatable bonds is 7. The Labute approximate surface area is 172 Å². The van der Waals surface area contributed by atoms with E-state index in [2.05, 4.69) is 5.32 Å². The Kier molecular flexibility index (Phi) is 7.22. The first-order chi connectivity index (χ1) is 13.0. The number of halogens is 1. The van der Waals surface area contributed by atoms with Crippen LogP contribution in [0.25, 0.3) is 0 Å². The SMILES string of the molecule is Cc1ccc(CN(C)C(C)C(=O)Nc2ccc(Cl)c(S(=O)(=O)N(C)C)c2)cc1. The topological polar surface area (TPSA) is 69.7 Å². The van der Waals surface area contributed by atoms with Crippen LogP contribution in [0.1, 0.15) is 18.1 Å². The maximum atomic E-state index is 12.6. The number of aryl methyl sites for hydroxylation is 1. The molecule has 0 saturated carbocycles. The average Bonchev–Trinajstić information content (AvgIpc) is 2.64. The molecule has 1 atom stereocenters. The van der Waals surface area contributed by atoms with Gasteiger partial charge in [0.1, 0.15) is 4.90 Å². The molecule has 0 aliphatic heterocycles. The van der Waals surface area contributed by atoms with Crippen LogP contribution in [0.4, 0.5) is 5.69 Å². The largest absolute Gasteiger partial charge is 0.325 e. The van der Waals surface area contributed by atoms with E-state index in [0.717, 1.165) is 9.87 Å². The smallest absolute Gasteiger partial charge is 0.244 e. The Bertz CT molecular complexity index is 944. The van der Waals surface area contributed by atoms with Gasteiger partial charge < -0.3 is 5.32 Å². The third-order valence-corrected chi connectivity index (χ3v) is 6.85. The molecule has 0 bridgehead atoms. The number of hydrogen-bond donors (Lipinski definition) is 1. The highest BCUT2D eigenvalue weighted by atomic mass is 35.5. The number of nitrogens with zero attached hydrogens (tertiary/aromatic N) is 2. The summed E-state index contributed by atoms with van der Waals surface area (Å²) in [6.07, 6.45) is 0. The minimum atomic E-state index is -3.71. The number of benzene rings is 2. The second kappa shape index (κ2) is 9.05. The quantitative estimate of drug-likeness (QED) is 0.741. The van der Waals surface area contributed by atoms with Crippen molar-refractivity contribution in [3.8, 4) is 0 Å². The Hall–Kier alpha value is -1.93. The molecule has 152 valence electrons. The summed E-state index contributed by atoms with van der Waals surface area (Å²) in [6.45, 7) is 4.45. The predicted octanol–water partition coefficient (Wildman–Crippen LogP) is 3.36. The molecule has 0 aromatic heterocycles. The van der Waals surface area contributed by atoms with Crippen LogP contribution in [0.3, 0.4) is 0 Å². The zero-order valence-corrected chi connectivity index (χ0v) is 18.3. The van der Waals surface area contributed by atoms with Gasteiger partial charge in [0.2, 0.25) is 15.9 Å². The predicted molar refractivity (Wildman–Crippen MR) is 113 cm³/mol. The van der Waals surface area contributed by atoms with Crippen LogP contribution >= 0.6 is 11.6 Å². The molecule has 28 heavy (non-hydrogen) atoms. The summed E-state index contributed by atoms with van der Waals surface area (Å²) >= 11 is 6.05. The maximum absolute atomic E-state index is 12.6. The van der Waals surface area contributed by atoms with Crippen molar-refractivity contribution in [3.05, 3.63) is 58.6 Å². The molecule has 1 unspecified atom stereocenters. The number of nitrogens with one attached hydrogen (secondary N) is 1. The molecule has 0 radical (unpaired) electrons. The second-order valence-electron chi connectivity index (χ2n) is 7.00. The van der Waals surface area contributed by atoms with Crippen LogP contribution in [0, 0.1) is 6.92 Å². The van der Waals surface area contributed by atoms with Crippen molar-refractivity contribution in [2.75, 3.05) is 26.5 Å². The van der Waals surface area contributed by atoms with Crippen molar-refractivity contribution < 1.29 is 13.2 Å². The van der Waals surface area contributed by atoms with Gasteiger partial charge in [-0.1, -0.05) is 41.4 Å². The van der Waals surface area contributed by atoms with E-state index in [1.807, 2.05) is 43.1 Å². The van der Waals surface area contributed by atoms with Crippen molar-refractivity contribution in [2.24, 2.45) is 0 Å². The van der Waals surface area contributed by atoms with Crippen LogP contribution in [0.2, 0.25) is 5.02 Å². The number of hydrogen-bond acceptors (Lipinski definition) is 4. The summed E-state index contributed by atoms with van der Waals surface area (Å²) in [5.41, 5.74) is 2.67. The highest BCUT2D eigenvalue weighted by Crippen LogP contribution is 2.27. The monoisotopic (exact) mass is 423 g/mol. The number of carbonyl (C=O) groups excluding carboxylic acids is 1. The molecular formula is C20H26ClN3O3S. The van der Waals surface area contributed by atoms with E-state index in [1.54, 1.807) is 13.0 Å². The van der Waals surface area contributed by atoms with Gasteiger partial charge in [0, 0.05) is 26.3 Å². The average molecular weight is 424 g/mol. The van der Waals surface area contributed by atoms with Crippen LogP contribution in [0.5, 0.6) is 0 Å². The highest BCUT2D eigenvalue weighted by molar-refractivity contribution is 7.89. The Morgan fingerprint density at radius 1 is 1.11 bits per heavy atom. The molecule has 0 fully saturated rings. The number of amides is 1. The molecule has 0 spiro atoms. The summed E-state index contributed by atoms with van der Waals surface area (Å²) in [5, 5.41) is 2.88. The van der Waals surface area contributed by atoms with Crippen LogP contribution < -0.4 is 5.32 Å². The summed E-state index contributed by atoms with van der Waals surface area (Å²) in [5.74, 6) is -0.231. The lowest BCUT2D eigenvalue weighted by Crippen LogP contribution is -2.39. The molecule has 2 aromatic rings. The van der Waals surface area contributed by atoms with Crippen LogP contribution in [-0.4, -0.2) is 50.7 Å². The van der Waals surface area contributed by atoms with Crippen LogP contribution in [0.15, 0.2) is 47.4 Å². The van der Waals surface area contributed by atoms with Crippen molar-refractivity contribution in [2.45, 2.75) is 31.3 Å². The Morgan fingerprint density at radius 2 is 1.71 bits per heavy atom. The summed E-state index contributed by atoms with van der Waals surface area (Å²) in [7, 11) is 1.02. The van der Waals surface area contributed by atoms with Gasteiger partial charge in [0.05, 0.1) is 11.1 Å². The van der Waals surface area contributed by atoms with Gasteiger partial charge in [-0.25, -0.2) is 12.7 Å². The lowest BCUT2D eigenvalue weighted by molar-refractivity contribution is -0.120. The van der Waals surface area contributed by atoms with Gasteiger partial charge in [0.25, 0.3) is 0 Å². The fourth-order valence-corrected chi connectivity index (χ4v) is 3.93. The first kappa shape index (κ1) is 22.4. The van der Waals surface area contributed by atoms with E-state index in [4.69, 9.17) is 11.6 Å². The molecule has 2 rings (SSSR count). The zero-order chi connectivity index (χ0) is 21.1. The zero-order valence-electron chi connectivity index (χ0n) is 16.7. The van der Waals surface area contributed by atoms with Gasteiger partial charge in [-0.15, -0.1) is 0 Å². The highest BCUT2D eigenvalue weighted by Gasteiger charge is 2.23. The van der Waals surface area contributed by atoms with E-state index in [9.17, 15) is 13.2 Å². The molecule has 8 heteroatoms. The molecule has 0 aliphatic carbocycles. The molecule has 2 aromatic carbocycles. The fraction of sp³-hybridized carbons (Fsp3) is 0.350. The van der Waals surface area contributed by atoms with E-state index < -0.39 is 16.1 Å². The molecule has 0 aliphatic rings. The van der Waals surface area contributed by atoms with E-state index >= 15 is 0 Å². The molecule has 1 N–H and O–H groups in total. The normalized spacial score (nSPS) is 13.0. The second-order valence-corrected chi connectivity index (χ2v) is 9.53. The van der Waals surface area contributed by atoms with Gasteiger partial charge >= 0.3 is 0 Å². The van der Waals surface area contributed by atoms with Crippen molar-refractivity contribution in [3.63, 3.8) is 0 Å². The van der Waals surface area contributed by atoms with Gasteiger partial charge in [0.15, 0.2) is 0 Å². The fourth-order valence-electron chi connectivity index (χ4n) is 2.54. The lowest BCUT2D eigenvalue weighted by atomic mass is 10.1.